The van der Waals surface area contributed by atoms with E-state index in [9.17, 15) is 25.0 Å². The van der Waals surface area contributed by atoms with Crippen LogP contribution in [0.1, 0.15) is 32.6 Å². The second-order valence-corrected chi connectivity index (χ2v) is 6.66. The van der Waals surface area contributed by atoms with E-state index < -0.39 is 9.85 Å². The Morgan fingerprint density at radius 3 is 2.12 bits per heavy atom. The van der Waals surface area contributed by atoms with Crippen LogP contribution in [0.2, 0.25) is 0 Å². The number of nitrogens with zero attached hydrogens (tertiary/aromatic N) is 2. The van der Waals surface area contributed by atoms with Gasteiger partial charge in [0.2, 0.25) is 0 Å². The topological polar surface area (TPSA) is 152 Å². The lowest BCUT2D eigenvalue weighted by Crippen LogP contribution is -2.15. The fraction of sp³-hybridized carbons (Fsp3) is 0.650. The van der Waals surface area contributed by atoms with Gasteiger partial charge in [-0.05, 0) is 12.5 Å². The summed E-state index contributed by atoms with van der Waals surface area (Å²) in [5.41, 5.74) is -0.527. The van der Waals surface area contributed by atoms with E-state index in [2.05, 4.69) is 12.2 Å². The molecule has 0 fully saturated rings. The summed E-state index contributed by atoms with van der Waals surface area (Å²) < 4.78 is 21.1. The Kier molecular flexibility index (Phi) is 14.3. The van der Waals surface area contributed by atoms with Gasteiger partial charge in [0.25, 0.3) is 11.4 Å². The number of hydrogen-bond acceptors (Lipinski definition) is 10. The summed E-state index contributed by atoms with van der Waals surface area (Å²) in [5, 5.41) is 24.6. The van der Waals surface area contributed by atoms with Gasteiger partial charge in [0, 0.05) is 19.0 Å². The lowest BCUT2D eigenvalue weighted by Gasteiger charge is -2.09. The first-order valence-electron chi connectivity index (χ1n) is 10.5. The summed E-state index contributed by atoms with van der Waals surface area (Å²) in [6.07, 6.45) is 3.37. The Balaban J connectivity index is 2.00. The van der Waals surface area contributed by atoms with E-state index in [1.807, 2.05) is 0 Å². The minimum absolute atomic E-state index is 0.184. The van der Waals surface area contributed by atoms with Crippen LogP contribution >= 0.6 is 0 Å². The summed E-state index contributed by atoms with van der Waals surface area (Å²) in [4.78, 5) is 31.8. The van der Waals surface area contributed by atoms with E-state index in [1.54, 1.807) is 0 Å². The van der Waals surface area contributed by atoms with Gasteiger partial charge in [-0.2, -0.15) is 0 Å². The van der Waals surface area contributed by atoms with Crippen LogP contribution in [0.15, 0.2) is 18.2 Å². The molecule has 1 rings (SSSR count). The lowest BCUT2D eigenvalue weighted by molar-refractivity contribution is -0.393. The molecule has 0 radical (unpaired) electrons. The van der Waals surface area contributed by atoms with Crippen molar-refractivity contribution in [1.29, 1.82) is 0 Å². The van der Waals surface area contributed by atoms with Gasteiger partial charge in [-0.3, -0.25) is 25.0 Å². The Morgan fingerprint density at radius 1 is 0.906 bits per heavy atom. The number of hydrogen-bond donors (Lipinski definition) is 1. The highest BCUT2D eigenvalue weighted by Gasteiger charge is 2.18. The molecule has 12 heteroatoms. The Morgan fingerprint density at radius 2 is 1.53 bits per heavy atom. The Bertz CT molecular complexity index is 716. The summed E-state index contributed by atoms with van der Waals surface area (Å²) in [5.74, 6) is -0.201. The fourth-order valence-corrected chi connectivity index (χ4v) is 2.54. The predicted octanol–water partition coefficient (Wildman–Crippen LogP) is 3.09. The van der Waals surface area contributed by atoms with E-state index >= 15 is 0 Å². The molecule has 0 aliphatic rings. The highest BCUT2D eigenvalue weighted by atomic mass is 16.6. The molecule has 0 amide bonds. The largest absolute Gasteiger partial charge is 0.463 e. The first-order valence-corrected chi connectivity index (χ1v) is 10.5. The summed E-state index contributed by atoms with van der Waals surface area (Å²) >= 11 is 0. The maximum Gasteiger partial charge on any atom is 0.305 e. The van der Waals surface area contributed by atoms with Crippen LogP contribution in [0, 0.1) is 20.2 Å². The van der Waals surface area contributed by atoms with Gasteiger partial charge in [-0.15, -0.1) is 0 Å². The molecule has 1 aromatic rings. The molecule has 1 aromatic carbocycles. The maximum atomic E-state index is 11.4. The van der Waals surface area contributed by atoms with Gasteiger partial charge in [0.05, 0.1) is 55.6 Å². The monoisotopic (exact) mass is 457 g/mol. The van der Waals surface area contributed by atoms with E-state index in [0.717, 1.165) is 25.3 Å². The van der Waals surface area contributed by atoms with Crippen LogP contribution in [-0.4, -0.2) is 68.6 Å². The smallest absolute Gasteiger partial charge is 0.305 e. The second kappa shape index (κ2) is 16.8. The van der Waals surface area contributed by atoms with Gasteiger partial charge in [-0.25, -0.2) is 0 Å². The second-order valence-electron chi connectivity index (χ2n) is 6.66. The van der Waals surface area contributed by atoms with Crippen LogP contribution < -0.4 is 5.32 Å². The van der Waals surface area contributed by atoms with Crippen molar-refractivity contribution in [3.8, 4) is 0 Å². The van der Waals surface area contributed by atoms with Crippen LogP contribution in [0.3, 0.4) is 0 Å². The van der Waals surface area contributed by atoms with Crippen molar-refractivity contribution < 1.29 is 33.6 Å². The molecule has 0 bridgehead atoms. The van der Waals surface area contributed by atoms with Crippen molar-refractivity contribution in [2.75, 3.05) is 58.1 Å². The van der Waals surface area contributed by atoms with E-state index in [0.29, 0.717) is 46.0 Å². The van der Waals surface area contributed by atoms with Crippen molar-refractivity contribution in [3.63, 3.8) is 0 Å². The molecule has 0 atom stereocenters. The third kappa shape index (κ3) is 12.1. The molecule has 0 aliphatic heterocycles. The molecule has 0 spiro atoms. The van der Waals surface area contributed by atoms with Crippen LogP contribution in [-0.2, 0) is 23.7 Å². The van der Waals surface area contributed by atoms with Crippen molar-refractivity contribution >= 4 is 23.0 Å². The molecule has 180 valence electrons. The third-order valence-corrected chi connectivity index (χ3v) is 4.17. The highest BCUT2D eigenvalue weighted by molar-refractivity contribution is 5.69. The quantitative estimate of drug-likeness (QED) is 0.142. The average molecular weight is 457 g/mol. The molecule has 12 nitrogen and oxygen atoms in total. The average Bonchev–Trinajstić information content (AvgIpc) is 2.76. The number of unbranched alkanes of at least 4 members (excludes halogenated alkanes) is 2. The molecule has 0 aliphatic carbocycles. The highest BCUT2D eigenvalue weighted by Crippen LogP contribution is 2.28. The van der Waals surface area contributed by atoms with Gasteiger partial charge < -0.3 is 24.3 Å². The van der Waals surface area contributed by atoms with Gasteiger partial charge in [-0.1, -0.05) is 19.8 Å². The number of nitrogens with one attached hydrogen (secondary N) is 1. The molecular formula is C20H31N3O9. The van der Waals surface area contributed by atoms with Crippen molar-refractivity contribution in [1.82, 2.24) is 0 Å². The van der Waals surface area contributed by atoms with Gasteiger partial charge in [0.1, 0.15) is 12.3 Å². The molecule has 0 aromatic heterocycles. The van der Waals surface area contributed by atoms with Crippen molar-refractivity contribution in [3.05, 3.63) is 38.4 Å². The van der Waals surface area contributed by atoms with E-state index in [4.69, 9.17) is 18.9 Å². The molecule has 0 saturated heterocycles. The number of non-ortho nitro benzene ring substituents is 1. The van der Waals surface area contributed by atoms with Crippen LogP contribution in [0.4, 0.5) is 17.1 Å². The third-order valence-electron chi connectivity index (χ3n) is 4.17. The van der Waals surface area contributed by atoms with Gasteiger partial charge in [0.15, 0.2) is 0 Å². The molecule has 32 heavy (non-hydrogen) atoms. The zero-order valence-corrected chi connectivity index (χ0v) is 18.3. The number of benzene rings is 1. The number of esters is 1. The first kappa shape index (κ1) is 27.2. The summed E-state index contributed by atoms with van der Waals surface area (Å²) in [6, 6.07) is 3.41. The van der Waals surface area contributed by atoms with Gasteiger partial charge >= 0.3 is 5.97 Å². The van der Waals surface area contributed by atoms with Crippen molar-refractivity contribution in [2.24, 2.45) is 0 Å². The normalized spacial score (nSPS) is 10.7. The van der Waals surface area contributed by atoms with E-state index in [1.165, 1.54) is 12.1 Å². The number of ether oxygens (including phenoxy) is 4. The Hall–Kier alpha value is -2.83. The Labute approximate surface area is 186 Å². The van der Waals surface area contributed by atoms with Crippen molar-refractivity contribution in [2.45, 2.75) is 32.6 Å². The number of rotatable bonds is 19. The number of carbonyl (C=O) groups excluding carboxylic acids is 1. The number of carbonyl (C=O) groups is 1. The SMILES string of the molecule is CCCCCC(=O)OCCOCCOCCOCCNc1ccc([N+](=O)[O-])cc1[N+](=O)[O-]. The van der Waals surface area contributed by atoms with E-state index in [-0.39, 0.29) is 36.2 Å². The van der Waals surface area contributed by atoms with Crippen LogP contribution in [0.5, 0.6) is 0 Å². The molecule has 0 saturated carbocycles. The first-order chi connectivity index (χ1) is 15.5. The lowest BCUT2D eigenvalue weighted by atomic mass is 10.2. The maximum absolute atomic E-state index is 11.4. The minimum atomic E-state index is -0.685. The zero-order valence-electron chi connectivity index (χ0n) is 18.3. The molecule has 0 unspecified atom stereocenters. The summed E-state index contributed by atoms with van der Waals surface area (Å²) in [7, 11) is 0. The number of nitro groups is 2. The summed E-state index contributed by atoms with van der Waals surface area (Å²) in [6.45, 7) is 4.63. The number of anilines is 1. The molecule has 1 N–H and O–H groups in total. The zero-order chi connectivity index (χ0) is 23.6. The minimum Gasteiger partial charge on any atom is -0.463 e. The number of nitro benzene ring substituents is 2. The van der Waals surface area contributed by atoms with Crippen LogP contribution in [0.25, 0.3) is 0 Å². The standard InChI is InChI=1S/C20H31N3O9/c1-2-3-4-5-20(24)32-15-14-31-13-12-30-11-10-29-9-8-21-18-7-6-17(22(25)26)16-19(18)23(27)28/h6-7,16,21H,2-5,8-15H2,1H3. The molecule has 0 heterocycles. The fourth-order valence-electron chi connectivity index (χ4n) is 2.54. The predicted molar refractivity (Wildman–Crippen MR) is 116 cm³/mol. The molecular weight excluding hydrogens is 426 g/mol.